The Kier molecular flexibility index (Phi) is 3.82. The van der Waals surface area contributed by atoms with E-state index < -0.39 is 6.09 Å². The van der Waals surface area contributed by atoms with E-state index in [9.17, 15) is 9.90 Å². The molecule has 1 aliphatic heterocycles. The molecule has 8 nitrogen and oxygen atoms in total. The van der Waals surface area contributed by atoms with Crippen LogP contribution in [-0.4, -0.2) is 49.9 Å². The van der Waals surface area contributed by atoms with Crippen LogP contribution in [0.2, 0.25) is 0 Å². The van der Waals surface area contributed by atoms with Crippen LogP contribution in [-0.2, 0) is 0 Å². The second-order valence-electron chi connectivity index (χ2n) is 5.74. The number of piperidine rings is 1. The summed E-state index contributed by atoms with van der Waals surface area (Å²) in [7, 11) is 0. The van der Waals surface area contributed by atoms with Gasteiger partial charge in [-0.05, 0) is 33.1 Å². The lowest BCUT2D eigenvalue weighted by Crippen LogP contribution is -2.37. The molecule has 1 saturated heterocycles. The SMILES string of the molecule is CC(C)N(C(=O)O)c1nnc2c(N3CCCCC3)nccn12. The van der Waals surface area contributed by atoms with Crippen molar-refractivity contribution in [3.63, 3.8) is 0 Å². The van der Waals surface area contributed by atoms with Gasteiger partial charge >= 0.3 is 6.09 Å². The molecule has 0 radical (unpaired) electrons. The fourth-order valence-electron chi connectivity index (χ4n) is 2.83. The van der Waals surface area contributed by atoms with Gasteiger partial charge in [-0.3, -0.25) is 4.40 Å². The maximum atomic E-state index is 11.5. The maximum Gasteiger partial charge on any atom is 0.414 e. The van der Waals surface area contributed by atoms with Crippen molar-refractivity contribution in [1.82, 2.24) is 19.6 Å². The van der Waals surface area contributed by atoms with Gasteiger partial charge in [0.25, 0.3) is 0 Å². The molecule has 118 valence electrons. The number of hydrogen-bond donors (Lipinski definition) is 1. The number of carbonyl (C=O) groups is 1. The topological polar surface area (TPSA) is 86.9 Å². The minimum absolute atomic E-state index is 0.225. The summed E-state index contributed by atoms with van der Waals surface area (Å²) in [6.45, 7) is 5.51. The molecule has 2 aromatic rings. The molecule has 0 spiro atoms. The average Bonchev–Trinajstić information content (AvgIpc) is 2.91. The fraction of sp³-hybridized carbons (Fsp3) is 0.571. The van der Waals surface area contributed by atoms with Crippen LogP contribution in [0.5, 0.6) is 0 Å². The summed E-state index contributed by atoms with van der Waals surface area (Å²) in [5.41, 5.74) is 0.603. The molecule has 3 rings (SSSR count). The van der Waals surface area contributed by atoms with E-state index >= 15 is 0 Å². The van der Waals surface area contributed by atoms with Crippen molar-refractivity contribution in [3.05, 3.63) is 12.4 Å². The molecule has 22 heavy (non-hydrogen) atoms. The predicted molar refractivity (Wildman–Crippen MR) is 82.5 cm³/mol. The van der Waals surface area contributed by atoms with Crippen LogP contribution < -0.4 is 9.80 Å². The highest BCUT2D eigenvalue weighted by Crippen LogP contribution is 2.24. The number of fused-ring (bicyclic) bond motifs is 1. The number of aromatic nitrogens is 4. The minimum Gasteiger partial charge on any atom is -0.465 e. The Hall–Kier alpha value is -2.38. The number of rotatable bonds is 3. The van der Waals surface area contributed by atoms with E-state index in [0.717, 1.165) is 31.7 Å². The highest BCUT2D eigenvalue weighted by molar-refractivity contribution is 5.85. The Morgan fingerprint density at radius 2 is 2.00 bits per heavy atom. The molecule has 8 heteroatoms. The van der Waals surface area contributed by atoms with E-state index in [1.807, 2.05) is 13.8 Å². The summed E-state index contributed by atoms with van der Waals surface area (Å²) in [4.78, 5) is 19.3. The molecule has 0 bridgehead atoms. The first-order chi connectivity index (χ1) is 10.6. The number of carboxylic acid groups (broad SMARTS) is 1. The highest BCUT2D eigenvalue weighted by atomic mass is 16.4. The van der Waals surface area contributed by atoms with Gasteiger partial charge in [0, 0.05) is 31.5 Å². The fourth-order valence-corrected chi connectivity index (χ4v) is 2.83. The van der Waals surface area contributed by atoms with E-state index in [1.165, 1.54) is 11.3 Å². The van der Waals surface area contributed by atoms with E-state index in [2.05, 4.69) is 20.1 Å². The molecule has 2 aromatic heterocycles. The summed E-state index contributed by atoms with van der Waals surface area (Å²) in [5.74, 6) is 1.08. The van der Waals surface area contributed by atoms with Crippen LogP contribution in [0.3, 0.4) is 0 Å². The Bertz CT molecular complexity index is 677. The van der Waals surface area contributed by atoms with E-state index in [-0.39, 0.29) is 6.04 Å². The summed E-state index contributed by atoms with van der Waals surface area (Å²) in [5, 5.41) is 17.7. The van der Waals surface area contributed by atoms with Gasteiger partial charge in [-0.2, -0.15) is 0 Å². The summed E-state index contributed by atoms with van der Waals surface area (Å²) >= 11 is 0. The standard InChI is InChI=1S/C14H20N6O2/c1-10(2)20(14(21)22)13-17-16-12-11(15-6-9-19(12)13)18-7-4-3-5-8-18/h6,9-10H,3-5,7-8H2,1-2H3,(H,21,22). The van der Waals surface area contributed by atoms with E-state index in [4.69, 9.17) is 0 Å². The second kappa shape index (κ2) is 5.78. The van der Waals surface area contributed by atoms with Crippen molar-refractivity contribution in [3.8, 4) is 0 Å². The molecule has 0 aromatic carbocycles. The van der Waals surface area contributed by atoms with Gasteiger partial charge < -0.3 is 10.0 Å². The third kappa shape index (κ3) is 2.44. The van der Waals surface area contributed by atoms with Crippen LogP contribution >= 0.6 is 0 Å². The van der Waals surface area contributed by atoms with Gasteiger partial charge in [0.05, 0.1) is 0 Å². The lowest BCUT2D eigenvalue weighted by Gasteiger charge is -2.27. The summed E-state index contributed by atoms with van der Waals surface area (Å²) in [6.07, 6.45) is 5.84. The molecule has 1 amide bonds. The van der Waals surface area contributed by atoms with Gasteiger partial charge in [0.15, 0.2) is 5.82 Å². The third-order valence-corrected chi connectivity index (χ3v) is 3.88. The molecule has 1 aliphatic rings. The zero-order valence-electron chi connectivity index (χ0n) is 12.8. The van der Waals surface area contributed by atoms with Crippen LogP contribution in [0.25, 0.3) is 5.65 Å². The Balaban J connectivity index is 2.06. The molecular weight excluding hydrogens is 284 g/mol. The van der Waals surface area contributed by atoms with Gasteiger partial charge in [0.2, 0.25) is 11.6 Å². The van der Waals surface area contributed by atoms with Gasteiger partial charge in [-0.15, -0.1) is 10.2 Å². The summed E-state index contributed by atoms with van der Waals surface area (Å²) in [6, 6.07) is -0.225. The van der Waals surface area contributed by atoms with Gasteiger partial charge in [-0.25, -0.2) is 14.7 Å². The molecule has 0 atom stereocenters. The van der Waals surface area contributed by atoms with Crippen molar-refractivity contribution < 1.29 is 9.90 Å². The highest BCUT2D eigenvalue weighted by Gasteiger charge is 2.25. The Morgan fingerprint density at radius 3 is 2.64 bits per heavy atom. The zero-order valence-corrected chi connectivity index (χ0v) is 12.8. The van der Waals surface area contributed by atoms with Gasteiger partial charge in [-0.1, -0.05) is 0 Å². The number of nitrogens with zero attached hydrogens (tertiary/aromatic N) is 6. The predicted octanol–water partition coefficient (Wildman–Crippen LogP) is 2.01. The largest absolute Gasteiger partial charge is 0.465 e. The molecular formula is C14H20N6O2. The van der Waals surface area contributed by atoms with E-state index in [0.29, 0.717) is 11.6 Å². The first-order valence-electron chi connectivity index (χ1n) is 7.56. The smallest absolute Gasteiger partial charge is 0.414 e. The quantitative estimate of drug-likeness (QED) is 0.933. The minimum atomic E-state index is -1.04. The first-order valence-corrected chi connectivity index (χ1v) is 7.56. The van der Waals surface area contributed by atoms with E-state index in [1.54, 1.807) is 16.8 Å². The van der Waals surface area contributed by atoms with Gasteiger partial charge in [0.1, 0.15) is 0 Å². The Morgan fingerprint density at radius 1 is 1.27 bits per heavy atom. The second-order valence-corrected chi connectivity index (χ2v) is 5.74. The van der Waals surface area contributed by atoms with Crippen molar-refractivity contribution in [2.75, 3.05) is 22.9 Å². The molecule has 1 N–H and O–H groups in total. The Labute approximate surface area is 128 Å². The lowest BCUT2D eigenvalue weighted by molar-refractivity contribution is 0.199. The van der Waals surface area contributed by atoms with Crippen LogP contribution in [0, 0.1) is 0 Å². The molecule has 0 aliphatic carbocycles. The van der Waals surface area contributed by atoms with Crippen LogP contribution in [0.15, 0.2) is 12.4 Å². The van der Waals surface area contributed by atoms with Crippen LogP contribution in [0.4, 0.5) is 16.6 Å². The molecule has 1 fully saturated rings. The molecule has 0 unspecified atom stereocenters. The summed E-state index contributed by atoms with van der Waals surface area (Å²) < 4.78 is 1.70. The van der Waals surface area contributed by atoms with Crippen molar-refractivity contribution in [2.45, 2.75) is 39.2 Å². The monoisotopic (exact) mass is 304 g/mol. The molecule has 0 saturated carbocycles. The number of hydrogen-bond acceptors (Lipinski definition) is 5. The zero-order chi connectivity index (χ0) is 15.7. The number of amides is 1. The average molecular weight is 304 g/mol. The van der Waals surface area contributed by atoms with Crippen LogP contribution in [0.1, 0.15) is 33.1 Å². The number of anilines is 2. The van der Waals surface area contributed by atoms with Crippen molar-refractivity contribution in [1.29, 1.82) is 0 Å². The molecule has 3 heterocycles. The maximum absolute atomic E-state index is 11.5. The third-order valence-electron chi connectivity index (χ3n) is 3.88. The van der Waals surface area contributed by atoms with Crippen molar-refractivity contribution >= 4 is 23.5 Å². The lowest BCUT2D eigenvalue weighted by atomic mass is 10.1. The normalized spacial score (nSPS) is 15.5. The first kappa shape index (κ1) is 14.6. The van der Waals surface area contributed by atoms with Crippen molar-refractivity contribution in [2.24, 2.45) is 0 Å².